The van der Waals surface area contributed by atoms with E-state index in [0.717, 1.165) is 28.9 Å². The van der Waals surface area contributed by atoms with Crippen LogP contribution < -0.4 is 10.1 Å². The fraction of sp³-hybridized carbons (Fsp3) is 0.538. The molecule has 1 unspecified atom stereocenters. The standard InChI is InChI=1S/C13H20BrNO2/c1-3-15-7-11-6-12(14)4-5-13(11)17-9-10(2)8-16/h4-6,10,15-16H,3,7-9H2,1-2H3. The maximum atomic E-state index is 8.97. The Morgan fingerprint density at radius 1 is 1.47 bits per heavy atom. The number of benzene rings is 1. The van der Waals surface area contributed by atoms with Gasteiger partial charge < -0.3 is 15.2 Å². The molecule has 1 aromatic rings. The molecule has 0 aliphatic carbocycles. The highest BCUT2D eigenvalue weighted by molar-refractivity contribution is 9.10. The number of aliphatic hydroxyl groups excluding tert-OH is 1. The first-order chi connectivity index (χ1) is 8.17. The molecule has 0 radical (unpaired) electrons. The number of hydrogen-bond donors (Lipinski definition) is 2. The topological polar surface area (TPSA) is 41.5 Å². The van der Waals surface area contributed by atoms with Gasteiger partial charge in [0.1, 0.15) is 5.75 Å². The number of aliphatic hydroxyl groups is 1. The number of ether oxygens (including phenoxy) is 1. The Labute approximate surface area is 111 Å². The Balaban J connectivity index is 2.68. The average Bonchev–Trinajstić information content (AvgIpc) is 2.34. The van der Waals surface area contributed by atoms with Gasteiger partial charge in [-0.1, -0.05) is 29.8 Å². The smallest absolute Gasteiger partial charge is 0.123 e. The third-order valence-electron chi connectivity index (χ3n) is 2.42. The van der Waals surface area contributed by atoms with E-state index in [1.165, 1.54) is 0 Å². The first kappa shape index (κ1) is 14.5. The fourth-order valence-corrected chi connectivity index (χ4v) is 1.78. The molecule has 17 heavy (non-hydrogen) atoms. The average molecular weight is 302 g/mol. The van der Waals surface area contributed by atoms with E-state index < -0.39 is 0 Å². The summed E-state index contributed by atoms with van der Waals surface area (Å²) in [6.07, 6.45) is 0. The molecule has 0 amide bonds. The Kier molecular flexibility index (Phi) is 6.55. The predicted molar refractivity (Wildman–Crippen MR) is 73.3 cm³/mol. The highest BCUT2D eigenvalue weighted by atomic mass is 79.9. The first-order valence-electron chi connectivity index (χ1n) is 5.90. The summed E-state index contributed by atoms with van der Waals surface area (Å²) < 4.78 is 6.77. The van der Waals surface area contributed by atoms with Crippen molar-refractivity contribution in [2.45, 2.75) is 20.4 Å². The summed E-state index contributed by atoms with van der Waals surface area (Å²) in [7, 11) is 0. The lowest BCUT2D eigenvalue weighted by atomic mass is 10.2. The highest BCUT2D eigenvalue weighted by Gasteiger charge is 2.06. The molecule has 1 rings (SSSR count). The normalized spacial score (nSPS) is 12.5. The molecule has 0 fully saturated rings. The van der Waals surface area contributed by atoms with Gasteiger partial charge in [0.2, 0.25) is 0 Å². The van der Waals surface area contributed by atoms with Crippen LogP contribution in [-0.4, -0.2) is 24.9 Å². The summed E-state index contributed by atoms with van der Waals surface area (Å²) in [5, 5.41) is 12.3. The molecule has 0 saturated carbocycles. The second-order valence-electron chi connectivity index (χ2n) is 4.13. The molecule has 1 aromatic carbocycles. The van der Waals surface area contributed by atoms with Crippen LogP contribution in [0, 0.1) is 5.92 Å². The van der Waals surface area contributed by atoms with Gasteiger partial charge in [-0.3, -0.25) is 0 Å². The summed E-state index contributed by atoms with van der Waals surface area (Å²) in [5.41, 5.74) is 1.13. The van der Waals surface area contributed by atoms with Gasteiger partial charge in [0.25, 0.3) is 0 Å². The van der Waals surface area contributed by atoms with Gasteiger partial charge in [0, 0.05) is 29.1 Å². The molecule has 0 saturated heterocycles. The van der Waals surface area contributed by atoms with Gasteiger partial charge >= 0.3 is 0 Å². The maximum Gasteiger partial charge on any atom is 0.123 e. The van der Waals surface area contributed by atoms with Gasteiger partial charge in [-0.15, -0.1) is 0 Å². The van der Waals surface area contributed by atoms with E-state index in [0.29, 0.717) is 6.61 Å². The van der Waals surface area contributed by atoms with Crippen LogP contribution in [0.25, 0.3) is 0 Å². The van der Waals surface area contributed by atoms with Gasteiger partial charge in [0.05, 0.1) is 6.61 Å². The van der Waals surface area contributed by atoms with Crippen molar-refractivity contribution in [3.8, 4) is 5.75 Å². The van der Waals surface area contributed by atoms with E-state index in [1.54, 1.807) is 0 Å². The summed E-state index contributed by atoms with van der Waals surface area (Å²) >= 11 is 3.46. The van der Waals surface area contributed by atoms with E-state index in [-0.39, 0.29) is 12.5 Å². The van der Waals surface area contributed by atoms with E-state index in [1.807, 2.05) is 19.1 Å². The molecule has 96 valence electrons. The van der Waals surface area contributed by atoms with E-state index in [9.17, 15) is 0 Å². The van der Waals surface area contributed by atoms with Crippen LogP contribution >= 0.6 is 15.9 Å². The molecular weight excluding hydrogens is 282 g/mol. The molecule has 0 heterocycles. The number of hydrogen-bond acceptors (Lipinski definition) is 3. The van der Waals surface area contributed by atoms with Gasteiger partial charge in [-0.25, -0.2) is 0 Å². The minimum atomic E-state index is 0.152. The predicted octanol–water partition coefficient (Wildman–Crippen LogP) is 2.57. The number of nitrogens with one attached hydrogen (secondary N) is 1. The molecular formula is C13H20BrNO2. The molecule has 0 spiro atoms. The Hall–Kier alpha value is -0.580. The van der Waals surface area contributed by atoms with Crippen LogP contribution in [0.15, 0.2) is 22.7 Å². The Morgan fingerprint density at radius 3 is 2.88 bits per heavy atom. The molecule has 4 heteroatoms. The van der Waals surface area contributed by atoms with Crippen molar-refractivity contribution in [1.29, 1.82) is 0 Å². The lowest BCUT2D eigenvalue weighted by Gasteiger charge is -2.14. The summed E-state index contributed by atoms with van der Waals surface area (Å²) in [6.45, 7) is 6.45. The second-order valence-corrected chi connectivity index (χ2v) is 5.05. The third kappa shape index (κ3) is 5.06. The van der Waals surface area contributed by atoms with Gasteiger partial charge in [-0.2, -0.15) is 0 Å². The van der Waals surface area contributed by atoms with Crippen LogP contribution in [-0.2, 0) is 6.54 Å². The largest absolute Gasteiger partial charge is 0.493 e. The maximum absolute atomic E-state index is 8.97. The fourth-order valence-electron chi connectivity index (χ4n) is 1.37. The van der Waals surface area contributed by atoms with E-state index >= 15 is 0 Å². The van der Waals surface area contributed by atoms with Crippen LogP contribution in [0.5, 0.6) is 5.75 Å². The van der Waals surface area contributed by atoms with Crippen molar-refractivity contribution < 1.29 is 9.84 Å². The van der Waals surface area contributed by atoms with Crippen molar-refractivity contribution in [3.63, 3.8) is 0 Å². The van der Waals surface area contributed by atoms with Crippen molar-refractivity contribution in [2.24, 2.45) is 5.92 Å². The third-order valence-corrected chi connectivity index (χ3v) is 2.92. The van der Waals surface area contributed by atoms with Gasteiger partial charge in [-0.05, 0) is 24.7 Å². The minimum absolute atomic E-state index is 0.152. The Morgan fingerprint density at radius 2 is 2.24 bits per heavy atom. The summed E-state index contributed by atoms with van der Waals surface area (Å²) in [6, 6.07) is 5.98. The minimum Gasteiger partial charge on any atom is -0.493 e. The molecule has 1 atom stereocenters. The zero-order valence-electron chi connectivity index (χ0n) is 10.4. The quantitative estimate of drug-likeness (QED) is 0.813. The number of rotatable bonds is 7. The van der Waals surface area contributed by atoms with Crippen LogP contribution in [0.2, 0.25) is 0 Å². The molecule has 0 aliphatic heterocycles. The molecule has 0 aromatic heterocycles. The Bertz CT molecular complexity index is 344. The van der Waals surface area contributed by atoms with Crippen LogP contribution in [0.1, 0.15) is 19.4 Å². The first-order valence-corrected chi connectivity index (χ1v) is 6.69. The van der Waals surface area contributed by atoms with Crippen molar-refractivity contribution in [2.75, 3.05) is 19.8 Å². The molecule has 0 bridgehead atoms. The lowest BCUT2D eigenvalue weighted by Crippen LogP contribution is -2.16. The second kappa shape index (κ2) is 7.69. The summed E-state index contributed by atoms with van der Waals surface area (Å²) in [5.74, 6) is 1.04. The lowest BCUT2D eigenvalue weighted by molar-refractivity contribution is 0.173. The van der Waals surface area contributed by atoms with E-state index in [2.05, 4.69) is 34.2 Å². The van der Waals surface area contributed by atoms with Crippen molar-refractivity contribution in [3.05, 3.63) is 28.2 Å². The van der Waals surface area contributed by atoms with Crippen LogP contribution in [0.3, 0.4) is 0 Å². The van der Waals surface area contributed by atoms with Gasteiger partial charge in [0.15, 0.2) is 0 Å². The van der Waals surface area contributed by atoms with E-state index in [4.69, 9.17) is 9.84 Å². The molecule has 3 nitrogen and oxygen atoms in total. The van der Waals surface area contributed by atoms with Crippen molar-refractivity contribution >= 4 is 15.9 Å². The van der Waals surface area contributed by atoms with Crippen molar-refractivity contribution in [1.82, 2.24) is 5.32 Å². The monoisotopic (exact) mass is 301 g/mol. The zero-order chi connectivity index (χ0) is 12.7. The summed E-state index contributed by atoms with van der Waals surface area (Å²) in [4.78, 5) is 0. The number of halogens is 1. The molecule has 2 N–H and O–H groups in total. The SMILES string of the molecule is CCNCc1cc(Br)ccc1OCC(C)CO. The molecule has 0 aliphatic rings. The zero-order valence-corrected chi connectivity index (χ0v) is 12.0. The highest BCUT2D eigenvalue weighted by Crippen LogP contribution is 2.23. The van der Waals surface area contributed by atoms with Crippen LogP contribution in [0.4, 0.5) is 0 Å².